The van der Waals surface area contributed by atoms with Crippen molar-refractivity contribution in [2.75, 3.05) is 26.2 Å². The quantitative estimate of drug-likeness (QED) is 0.913. The Morgan fingerprint density at radius 3 is 2.75 bits per heavy atom. The SMILES string of the molecule is Oc1ccc(F)cc1[C@@H](c1cccs1)N1CCNCC1. The van der Waals surface area contributed by atoms with Gasteiger partial charge in [-0.2, -0.15) is 0 Å². The second-order valence-corrected chi connectivity index (χ2v) is 5.89. The number of hydrogen-bond donors (Lipinski definition) is 2. The molecule has 106 valence electrons. The molecule has 1 aromatic heterocycles. The maximum Gasteiger partial charge on any atom is 0.123 e. The summed E-state index contributed by atoms with van der Waals surface area (Å²) in [6.07, 6.45) is 0. The third kappa shape index (κ3) is 2.70. The van der Waals surface area contributed by atoms with Gasteiger partial charge in [-0.25, -0.2) is 4.39 Å². The maximum absolute atomic E-state index is 13.6. The van der Waals surface area contributed by atoms with Crippen LogP contribution >= 0.6 is 11.3 Å². The third-order valence-electron chi connectivity index (χ3n) is 3.61. The lowest BCUT2D eigenvalue weighted by Crippen LogP contribution is -2.45. The summed E-state index contributed by atoms with van der Waals surface area (Å²) in [5.74, 6) is -0.155. The second-order valence-electron chi connectivity index (χ2n) is 4.91. The molecule has 0 radical (unpaired) electrons. The molecule has 3 rings (SSSR count). The predicted octanol–water partition coefficient (Wildman–Crippen LogP) is 2.59. The zero-order valence-electron chi connectivity index (χ0n) is 11.1. The molecule has 0 unspecified atom stereocenters. The van der Waals surface area contributed by atoms with Gasteiger partial charge in [-0.15, -0.1) is 11.3 Å². The largest absolute Gasteiger partial charge is 0.508 e. The predicted molar refractivity (Wildman–Crippen MR) is 78.7 cm³/mol. The summed E-state index contributed by atoms with van der Waals surface area (Å²) in [4.78, 5) is 3.42. The first kappa shape index (κ1) is 13.5. The van der Waals surface area contributed by atoms with E-state index in [9.17, 15) is 9.50 Å². The molecule has 3 nitrogen and oxygen atoms in total. The van der Waals surface area contributed by atoms with Crippen molar-refractivity contribution in [2.45, 2.75) is 6.04 Å². The summed E-state index contributed by atoms with van der Waals surface area (Å²) in [5.41, 5.74) is 0.648. The van der Waals surface area contributed by atoms with Crippen LogP contribution in [-0.2, 0) is 0 Å². The lowest BCUT2D eigenvalue weighted by molar-refractivity contribution is 0.197. The molecular weight excluding hydrogens is 275 g/mol. The van der Waals surface area contributed by atoms with Crippen LogP contribution in [0.1, 0.15) is 16.5 Å². The number of phenolic OH excluding ortho intramolecular Hbond substituents is 1. The zero-order chi connectivity index (χ0) is 13.9. The lowest BCUT2D eigenvalue weighted by Gasteiger charge is -2.35. The fraction of sp³-hybridized carbons (Fsp3) is 0.333. The van der Waals surface area contributed by atoms with Gasteiger partial charge in [0.05, 0.1) is 6.04 Å². The van der Waals surface area contributed by atoms with E-state index < -0.39 is 0 Å². The first-order chi connectivity index (χ1) is 9.75. The molecule has 0 spiro atoms. The second kappa shape index (κ2) is 5.91. The van der Waals surface area contributed by atoms with Crippen LogP contribution in [0.5, 0.6) is 5.75 Å². The van der Waals surface area contributed by atoms with E-state index in [2.05, 4.69) is 10.2 Å². The number of thiophene rings is 1. The average molecular weight is 292 g/mol. The Balaban J connectivity index is 2.02. The van der Waals surface area contributed by atoms with Crippen molar-refractivity contribution in [2.24, 2.45) is 0 Å². The number of phenols is 1. The molecule has 20 heavy (non-hydrogen) atoms. The molecule has 0 aliphatic carbocycles. The van der Waals surface area contributed by atoms with Crippen LogP contribution in [-0.4, -0.2) is 36.2 Å². The van der Waals surface area contributed by atoms with E-state index in [1.807, 2.05) is 17.5 Å². The van der Waals surface area contributed by atoms with E-state index in [1.54, 1.807) is 11.3 Å². The topological polar surface area (TPSA) is 35.5 Å². The summed E-state index contributed by atoms with van der Waals surface area (Å²) in [5, 5.41) is 15.5. The molecule has 2 heterocycles. The van der Waals surface area contributed by atoms with Gasteiger partial charge in [-0.3, -0.25) is 4.90 Å². The van der Waals surface area contributed by atoms with Gasteiger partial charge in [0, 0.05) is 36.6 Å². The van der Waals surface area contributed by atoms with Crippen LogP contribution in [0, 0.1) is 5.82 Å². The highest BCUT2D eigenvalue weighted by molar-refractivity contribution is 7.10. The monoisotopic (exact) mass is 292 g/mol. The van der Waals surface area contributed by atoms with Crippen molar-refractivity contribution < 1.29 is 9.50 Å². The van der Waals surface area contributed by atoms with Crippen molar-refractivity contribution in [3.8, 4) is 5.75 Å². The van der Waals surface area contributed by atoms with E-state index in [0.717, 1.165) is 31.1 Å². The molecule has 0 saturated carbocycles. The molecule has 1 aromatic carbocycles. The van der Waals surface area contributed by atoms with E-state index in [4.69, 9.17) is 0 Å². The van der Waals surface area contributed by atoms with Crippen LogP contribution in [0.4, 0.5) is 4.39 Å². The highest BCUT2D eigenvalue weighted by Gasteiger charge is 2.27. The molecule has 5 heteroatoms. The lowest BCUT2D eigenvalue weighted by atomic mass is 10.0. The molecule has 0 amide bonds. The Morgan fingerprint density at radius 2 is 2.05 bits per heavy atom. The van der Waals surface area contributed by atoms with Crippen LogP contribution in [0.3, 0.4) is 0 Å². The highest BCUT2D eigenvalue weighted by Crippen LogP contribution is 2.36. The van der Waals surface area contributed by atoms with E-state index >= 15 is 0 Å². The molecule has 1 aliphatic heterocycles. The Hall–Kier alpha value is -1.43. The molecule has 1 saturated heterocycles. The Labute approximate surface area is 121 Å². The zero-order valence-corrected chi connectivity index (χ0v) is 11.9. The van der Waals surface area contributed by atoms with Gasteiger partial charge >= 0.3 is 0 Å². The van der Waals surface area contributed by atoms with Crippen LogP contribution in [0.2, 0.25) is 0 Å². The molecule has 1 fully saturated rings. The van der Waals surface area contributed by atoms with Crippen LogP contribution < -0.4 is 5.32 Å². The van der Waals surface area contributed by atoms with Crippen molar-refractivity contribution in [1.29, 1.82) is 0 Å². The summed E-state index contributed by atoms with van der Waals surface area (Å²) >= 11 is 1.64. The van der Waals surface area contributed by atoms with Crippen molar-refractivity contribution >= 4 is 11.3 Å². The van der Waals surface area contributed by atoms with Crippen molar-refractivity contribution in [1.82, 2.24) is 10.2 Å². The van der Waals surface area contributed by atoms with Crippen molar-refractivity contribution in [3.63, 3.8) is 0 Å². The number of rotatable bonds is 3. The van der Waals surface area contributed by atoms with Gasteiger partial charge in [-0.1, -0.05) is 6.07 Å². The third-order valence-corrected chi connectivity index (χ3v) is 4.54. The minimum Gasteiger partial charge on any atom is -0.508 e. The average Bonchev–Trinajstić information content (AvgIpc) is 2.98. The summed E-state index contributed by atoms with van der Waals surface area (Å²) < 4.78 is 13.6. The van der Waals surface area contributed by atoms with E-state index in [0.29, 0.717) is 5.56 Å². The summed E-state index contributed by atoms with van der Waals surface area (Å²) in [6.45, 7) is 3.60. The normalized spacial score (nSPS) is 18.1. The number of benzene rings is 1. The molecule has 1 aliphatic rings. The van der Waals surface area contributed by atoms with Gasteiger partial charge in [0.2, 0.25) is 0 Å². The number of halogens is 1. The Kier molecular flexibility index (Phi) is 4.00. The van der Waals surface area contributed by atoms with Crippen molar-refractivity contribution in [3.05, 3.63) is 52.0 Å². The van der Waals surface area contributed by atoms with Crippen LogP contribution in [0.15, 0.2) is 35.7 Å². The molecule has 0 bridgehead atoms. The van der Waals surface area contributed by atoms with Crippen LogP contribution in [0.25, 0.3) is 0 Å². The van der Waals surface area contributed by atoms with Gasteiger partial charge < -0.3 is 10.4 Å². The van der Waals surface area contributed by atoms with Gasteiger partial charge in [0.25, 0.3) is 0 Å². The Bertz CT molecular complexity index is 567. The molecule has 2 aromatic rings. The van der Waals surface area contributed by atoms with E-state index in [1.165, 1.54) is 18.2 Å². The molecule has 2 N–H and O–H groups in total. The Morgan fingerprint density at radius 1 is 1.25 bits per heavy atom. The van der Waals surface area contributed by atoms with Gasteiger partial charge in [0.15, 0.2) is 0 Å². The number of nitrogens with zero attached hydrogens (tertiary/aromatic N) is 1. The minimum absolute atomic E-state index is 0.0761. The number of piperazine rings is 1. The standard InChI is InChI=1S/C15H17FN2OS/c16-11-3-4-13(19)12(10-11)15(14-2-1-9-20-14)18-7-5-17-6-8-18/h1-4,9-10,15,17,19H,5-8H2/t15-/m0/s1. The smallest absolute Gasteiger partial charge is 0.123 e. The minimum atomic E-state index is -0.311. The number of hydrogen-bond acceptors (Lipinski definition) is 4. The maximum atomic E-state index is 13.6. The number of aromatic hydroxyl groups is 1. The first-order valence-corrected chi connectivity index (χ1v) is 7.60. The fourth-order valence-electron chi connectivity index (χ4n) is 2.66. The highest BCUT2D eigenvalue weighted by atomic mass is 32.1. The number of nitrogens with one attached hydrogen (secondary N) is 1. The van der Waals surface area contributed by atoms with Gasteiger partial charge in [0.1, 0.15) is 11.6 Å². The first-order valence-electron chi connectivity index (χ1n) is 6.72. The summed E-state index contributed by atoms with van der Waals surface area (Å²) in [6, 6.07) is 8.14. The molecule has 1 atom stereocenters. The van der Waals surface area contributed by atoms with E-state index in [-0.39, 0.29) is 17.6 Å². The molecular formula is C15H17FN2OS. The van der Waals surface area contributed by atoms with Gasteiger partial charge in [-0.05, 0) is 29.6 Å². The fourth-order valence-corrected chi connectivity index (χ4v) is 3.54. The summed E-state index contributed by atoms with van der Waals surface area (Å²) in [7, 11) is 0.